The van der Waals surface area contributed by atoms with Crippen molar-refractivity contribution in [1.29, 1.82) is 0 Å². The maximum absolute atomic E-state index is 13.2. The lowest BCUT2D eigenvalue weighted by molar-refractivity contribution is -0.140. The van der Waals surface area contributed by atoms with E-state index in [1.54, 1.807) is 6.92 Å². The number of rotatable bonds is 7. The number of nitrogens with zero attached hydrogens (tertiary/aromatic N) is 2. The minimum atomic E-state index is -0.504. The van der Waals surface area contributed by atoms with Gasteiger partial charge in [-0.2, -0.15) is 0 Å². The van der Waals surface area contributed by atoms with E-state index < -0.39 is 11.9 Å². The second-order valence-electron chi connectivity index (χ2n) is 12.0. The Hall–Kier alpha value is -4.77. The fraction of sp³-hybridized carbons (Fsp3) is 0.432. The Balaban J connectivity index is 0.000000794. The van der Waals surface area contributed by atoms with Crippen LogP contribution in [0.25, 0.3) is 33.2 Å². The minimum Gasteiger partial charge on any atom is -0.469 e. The van der Waals surface area contributed by atoms with Crippen molar-refractivity contribution < 1.29 is 28.6 Å². The van der Waals surface area contributed by atoms with Gasteiger partial charge in [-0.15, -0.1) is 0 Å². The highest BCUT2D eigenvalue weighted by Gasteiger charge is 2.31. The van der Waals surface area contributed by atoms with E-state index in [0.717, 1.165) is 51.0 Å². The summed E-state index contributed by atoms with van der Waals surface area (Å²) in [6.45, 7) is 12.8. The molecule has 11 nitrogen and oxygen atoms in total. The molecule has 2 aliphatic heterocycles. The molecule has 1 unspecified atom stereocenters. The lowest BCUT2D eigenvalue weighted by Crippen LogP contribution is -2.12. The number of nitrogens with one attached hydrogen (secondary N) is 3. The molecule has 0 amide bonds. The van der Waals surface area contributed by atoms with Crippen molar-refractivity contribution in [3.8, 4) is 0 Å². The predicted octanol–water partition coefficient (Wildman–Crippen LogP) is 5.95. The molecular formula is C37H47N5O6. The summed E-state index contributed by atoms with van der Waals surface area (Å²) in [5, 5.41) is 3.31. The topological polar surface area (TPSA) is 148 Å². The molecule has 256 valence electrons. The van der Waals surface area contributed by atoms with Crippen LogP contribution < -0.4 is 5.32 Å². The molecule has 1 atom stereocenters. The molecule has 2 aliphatic rings. The van der Waals surface area contributed by atoms with E-state index in [1.807, 2.05) is 20.0 Å². The SMILES string of the molecule is CCC(=O)OC.CCc1c(C)c2cc3[nH]c(cc4nc(c(CC(=O)OC)c5nc(cc1[nH]2)C(C)=C5C(=O)OC)CC4C)c(C)c3CNC. The predicted molar refractivity (Wildman–Crippen MR) is 187 cm³/mol. The van der Waals surface area contributed by atoms with Gasteiger partial charge in [0.1, 0.15) is 0 Å². The number of aryl methyl sites for hydroxylation is 3. The molecule has 0 aliphatic carbocycles. The number of carbonyl (C=O) groups is 3. The van der Waals surface area contributed by atoms with Gasteiger partial charge in [0.2, 0.25) is 0 Å². The van der Waals surface area contributed by atoms with Gasteiger partial charge < -0.3 is 29.5 Å². The highest BCUT2D eigenvalue weighted by molar-refractivity contribution is 6.25. The number of esters is 3. The maximum Gasteiger partial charge on any atom is 0.340 e. The number of aromatic nitrogens is 4. The highest BCUT2D eigenvalue weighted by Crippen LogP contribution is 2.36. The van der Waals surface area contributed by atoms with E-state index in [0.29, 0.717) is 47.5 Å². The average Bonchev–Trinajstić information content (AvgIpc) is 3.78. The molecule has 8 bridgehead atoms. The summed E-state index contributed by atoms with van der Waals surface area (Å²) in [5.74, 6) is -0.995. The van der Waals surface area contributed by atoms with Crippen LogP contribution >= 0.6 is 0 Å². The average molecular weight is 658 g/mol. The molecule has 0 fully saturated rings. The molecular weight excluding hydrogens is 610 g/mol. The van der Waals surface area contributed by atoms with Crippen molar-refractivity contribution >= 4 is 51.1 Å². The van der Waals surface area contributed by atoms with Gasteiger partial charge in [-0.3, -0.25) is 14.6 Å². The zero-order chi connectivity index (χ0) is 35.3. The number of ether oxygens (including phenoxy) is 3. The zero-order valence-electron chi connectivity index (χ0n) is 29.7. The van der Waals surface area contributed by atoms with Gasteiger partial charge in [-0.25, -0.2) is 9.78 Å². The van der Waals surface area contributed by atoms with Crippen molar-refractivity contribution in [1.82, 2.24) is 25.3 Å². The molecule has 0 spiro atoms. The Kier molecular flexibility index (Phi) is 11.6. The fourth-order valence-corrected chi connectivity index (χ4v) is 6.21. The quantitative estimate of drug-likeness (QED) is 0.207. The molecule has 0 saturated carbocycles. The summed E-state index contributed by atoms with van der Waals surface area (Å²) >= 11 is 0. The van der Waals surface area contributed by atoms with Gasteiger partial charge >= 0.3 is 17.9 Å². The van der Waals surface area contributed by atoms with E-state index >= 15 is 0 Å². The first-order valence-corrected chi connectivity index (χ1v) is 16.2. The van der Waals surface area contributed by atoms with Crippen LogP contribution in [-0.4, -0.2) is 66.2 Å². The smallest absolute Gasteiger partial charge is 0.340 e. The van der Waals surface area contributed by atoms with Crippen LogP contribution in [0.1, 0.15) is 90.6 Å². The zero-order valence-corrected chi connectivity index (χ0v) is 29.7. The highest BCUT2D eigenvalue weighted by atomic mass is 16.5. The first kappa shape index (κ1) is 36.1. The number of allylic oxidation sites excluding steroid dienone is 1. The Morgan fingerprint density at radius 2 is 1.46 bits per heavy atom. The van der Waals surface area contributed by atoms with Crippen molar-refractivity contribution in [2.24, 2.45) is 0 Å². The van der Waals surface area contributed by atoms with Gasteiger partial charge in [0.25, 0.3) is 0 Å². The number of methoxy groups -OCH3 is 3. The summed E-state index contributed by atoms with van der Waals surface area (Å²) in [5.41, 5.74) is 12.9. The lowest BCUT2D eigenvalue weighted by Gasteiger charge is -2.09. The van der Waals surface area contributed by atoms with E-state index in [2.05, 4.69) is 59.8 Å². The van der Waals surface area contributed by atoms with Gasteiger partial charge in [0, 0.05) is 57.9 Å². The van der Waals surface area contributed by atoms with Crippen LogP contribution in [-0.2, 0) is 54.4 Å². The van der Waals surface area contributed by atoms with Crippen LogP contribution in [0.5, 0.6) is 0 Å². The number of fused-ring (bicyclic) bond motifs is 8. The molecule has 0 saturated heterocycles. The molecule has 3 N–H and O–H groups in total. The molecule has 48 heavy (non-hydrogen) atoms. The first-order chi connectivity index (χ1) is 22.9. The number of aromatic amines is 2. The second-order valence-corrected chi connectivity index (χ2v) is 12.0. The van der Waals surface area contributed by atoms with E-state index in [1.165, 1.54) is 32.5 Å². The Labute approximate surface area is 281 Å². The third-order valence-electron chi connectivity index (χ3n) is 9.06. The van der Waals surface area contributed by atoms with Crippen molar-refractivity contribution in [2.75, 3.05) is 28.4 Å². The molecule has 5 heterocycles. The first-order valence-electron chi connectivity index (χ1n) is 16.2. The summed E-state index contributed by atoms with van der Waals surface area (Å²) in [7, 11) is 6.04. The summed E-state index contributed by atoms with van der Waals surface area (Å²) in [6, 6.07) is 6.26. The molecule has 11 heteroatoms. The van der Waals surface area contributed by atoms with Crippen LogP contribution in [0, 0.1) is 13.8 Å². The minimum absolute atomic E-state index is 0.0614. The largest absolute Gasteiger partial charge is 0.469 e. The fourth-order valence-electron chi connectivity index (χ4n) is 6.21. The lowest BCUT2D eigenvalue weighted by atomic mass is 9.97. The second kappa shape index (κ2) is 15.4. The summed E-state index contributed by atoms with van der Waals surface area (Å²) in [6.07, 6.45) is 1.83. The molecule has 0 aromatic carbocycles. The number of H-pyrrole nitrogens is 2. The monoisotopic (exact) mass is 657 g/mol. The number of hydrogen-bond donors (Lipinski definition) is 3. The Bertz CT molecular complexity index is 1930. The van der Waals surface area contributed by atoms with Crippen LogP contribution in [0.4, 0.5) is 0 Å². The van der Waals surface area contributed by atoms with E-state index in [-0.39, 0.29) is 18.3 Å². The van der Waals surface area contributed by atoms with Gasteiger partial charge in [-0.05, 0) is 86.7 Å². The Morgan fingerprint density at radius 3 is 2.02 bits per heavy atom. The molecule has 3 aromatic heterocycles. The van der Waals surface area contributed by atoms with Crippen LogP contribution in [0.3, 0.4) is 0 Å². The summed E-state index contributed by atoms with van der Waals surface area (Å²) < 4.78 is 14.5. The molecule has 5 rings (SSSR count). The third-order valence-corrected chi connectivity index (χ3v) is 9.06. The van der Waals surface area contributed by atoms with Crippen LogP contribution in [0.15, 0.2) is 18.2 Å². The molecule has 0 radical (unpaired) electrons. The van der Waals surface area contributed by atoms with Crippen molar-refractivity contribution in [2.45, 2.75) is 79.7 Å². The van der Waals surface area contributed by atoms with E-state index in [9.17, 15) is 14.4 Å². The van der Waals surface area contributed by atoms with Crippen molar-refractivity contribution in [3.63, 3.8) is 0 Å². The molecule has 3 aromatic rings. The normalized spacial score (nSPS) is 13.9. The number of hydrogen-bond acceptors (Lipinski definition) is 9. The van der Waals surface area contributed by atoms with Gasteiger partial charge in [-0.1, -0.05) is 20.8 Å². The van der Waals surface area contributed by atoms with Gasteiger partial charge in [0.15, 0.2) is 0 Å². The number of carbonyl (C=O) groups excluding carboxylic acids is 3. The van der Waals surface area contributed by atoms with Crippen LogP contribution in [0.2, 0.25) is 0 Å². The third kappa shape index (κ3) is 7.21. The standard InChI is InChI=1S/C33H39N5O4.C4H8O2/c1-9-20-17(3)25-13-29-22(15-34-6)18(4)24(37-29)12-23-16(2)10-27(35-23)21(11-30(39)41-7)32-31(33(40)42-8)19(5)26(38-32)14-28(20)36-25;1-3-4(5)6-2/h12-14,16,34,36-37H,9-11,15H2,1-8H3;3H2,1-2H3. The summed E-state index contributed by atoms with van der Waals surface area (Å²) in [4.78, 5) is 53.1. The Morgan fingerprint density at radius 1 is 0.833 bits per heavy atom. The van der Waals surface area contributed by atoms with Gasteiger partial charge in [0.05, 0.1) is 44.7 Å². The van der Waals surface area contributed by atoms with Crippen molar-refractivity contribution in [3.05, 3.63) is 68.8 Å². The maximum atomic E-state index is 13.2. The van der Waals surface area contributed by atoms with E-state index in [4.69, 9.17) is 19.4 Å².